The molecule has 1 atom stereocenters. The van der Waals surface area contributed by atoms with Gasteiger partial charge < -0.3 is 15.4 Å². The van der Waals surface area contributed by atoms with E-state index in [2.05, 4.69) is 30.5 Å². The number of aliphatic imine (C=N–C) groups is 1. The Labute approximate surface area is 208 Å². The molecule has 0 saturated heterocycles. The molecule has 0 aliphatic carbocycles. The maximum absolute atomic E-state index is 12.2. The van der Waals surface area contributed by atoms with Crippen LogP contribution in [-0.2, 0) is 16.6 Å². The summed E-state index contributed by atoms with van der Waals surface area (Å²) in [6.07, 6.45) is 0.811. The number of para-hydroxylation sites is 1. The van der Waals surface area contributed by atoms with Crippen molar-refractivity contribution < 1.29 is 13.2 Å². The average Bonchev–Trinajstić information content (AvgIpc) is 2.71. The van der Waals surface area contributed by atoms with Crippen LogP contribution in [0.2, 0.25) is 0 Å². The van der Waals surface area contributed by atoms with E-state index < -0.39 is 10.0 Å². The number of rotatable bonds is 6. The molecule has 0 spiro atoms. The summed E-state index contributed by atoms with van der Waals surface area (Å²) in [4.78, 5) is 4.99. The highest BCUT2D eigenvalue weighted by atomic mass is 127. The number of ether oxygens (including phenoxy) is 1. The van der Waals surface area contributed by atoms with E-state index in [4.69, 9.17) is 9.73 Å². The van der Waals surface area contributed by atoms with Crippen LogP contribution < -0.4 is 15.4 Å². The van der Waals surface area contributed by atoms with Crippen molar-refractivity contribution in [2.45, 2.75) is 50.3 Å². The first-order valence-corrected chi connectivity index (χ1v) is 11.9. The van der Waals surface area contributed by atoms with Crippen molar-refractivity contribution >= 4 is 40.0 Å². The predicted octanol–water partition coefficient (Wildman–Crippen LogP) is 3.91. The van der Waals surface area contributed by atoms with Gasteiger partial charge >= 0.3 is 0 Å². The van der Waals surface area contributed by atoms with Gasteiger partial charge in [0, 0.05) is 32.6 Å². The van der Waals surface area contributed by atoms with Crippen molar-refractivity contribution in [2.24, 2.45) is 4.99 Å². The molecule has 1 aliphatic heterocycles. The van der Waals surface area contributed by atoms with Gasteiger partial charge in [-0.1, -0.05) is 30.3 Å². The lowest BCUT2D eigenvalue weighted by Crippen LogP contribution is -2.45. The molecule has 2 aromatic carbocycles. The number of benzene rings is 2. The van der Waals surface area contributed by atoms with E-state index in [1.54, 1.807) is 24.3 Å². The lowest BCUT2D eigenvalue weighted by atomic mass is 9.90. The number of hydrogen-bond donors (Lipinski definition) is 2. The zero-order valence-corrected chi connectivity index (χ0v) is 22.4. The summed E-state index contributed by atoms with van der Waals surface area (Å²) in [5.41, 5.74) is 1.77. The molecule has 0 bridgehead atoms. The van der Waals surface area contributed by atoms with E-state index in [-0.39, 0.29) is 40.5 Å². The molecule has 7 nitrogen and oxygen atoms in total. The molecule has 1 aliphatic rings. The van der Waals surface area contributed by atoms with Crippen molar-refractivity contribution in [2.75, 3.05) is 20.6 Å². The van der Waals surface area contributed by atoms with Crippen LogP contribution in [0.1, 0.15) is 44.4 Å². The number of hydrogen-bond acceptors (Lipinski definition) is 4. The van der Waals surface area contributed by atoms with Gasteiger partial charge in [0.1, 0.15) is 11.4 Å². The van der Waals surface area contributed by atoms with Crippen LogP contribution in [-0.4, -0.2) is 44.9 Å². The Morgan fingerprint density at radius 2 is 1.81 bits per heavy atom. The number of guanidine groups is 1. The number of halogens is 1. The fourth-order valence-electron chi connectivity index (χ4n) is 3.56. The van der Waals surface area contributed by atoms with Gasteiger partial charge in [0.25, 0.3) is 0 Å². The molecule has 1 heterocycles. The molecule has 2 aromatic rings. The molecular formula is C23H33IN4O3S. The quantitative estimate of drug-likeness (QED) is 0.312. The highest BCUT2D eigenvalue weighted by Gasteiger charge is 2.33. The summed E-state index contributed by atoms with van der Waals surface area (Å²) in [6.45, 7) is 7.38. The van der Waals surface area contributed by atoms with Crippen molar-refractivity contribution in [3.63, 3.8) is 0 Å². The Balaban J connectivity index is 0.00000363. The van der Waals surface area contributed by atoms with Crippen LogP contribution in [0.4, 0.5) is 0 Å². The van der Waals surface area contributed by atoms with E-state index in [0.29, 0.717) is 12.5 Å². The second kappa shape index (κ2) is 10.8. The van der Waals surface area contributed by atoms with Gasteiger partial charge in [-0.2, -0.15) is 0 Å². The standard InChI is InChI=1S/C23H32N4O3S.HI/c1-6-24-22(25-16-17-11-13-18(14-12-17)31(28,29)27(4)5)26-20-15-23(2,3)30-21-10-8-7-9-19(20)21;/h7-14,20H,6,15-16H2,1-5H3,(H2,24,25,26);1H. The monoisotopic (exact) mass is 572 g/mol. The normalized spacial score (nSPS) is 17.7. The summed E-state index contributed by atoms with van der Waals surface area (Å²) in [6, 6.07) is 15.0. The van der Waals surface area contributed by atoms with Crippen LogP contribution in [0.25, 0.3) is 0 Å². The third kappa shape index (κ3) is 6.35. The summed E-state index contributed by atoms with van der Waals surface area (Å²) in [5.74, 6) is 1.61. The molecule has 176 valence electrons. The Bertz CT molecular complexity index is 1040. The Morgan fingerprint density at radius 1 is 1.16 bits per heavy atom. The molecule has 1 unspecified atom stereocenters. The van der Waals surface area contributed by atoms with Gasteiger partial charge in [0.05, 0.1) is 17.5 Å². The number of nitrogens with one attached hydrogen (secondary N) is 2. The van der Waals surface area contributed by atoms with Gasteiger partial charge in [0.2, 0.25) is 10.0 Å². The second-order valence-corrected chi connectivity index (χ2v) is 10.6. The minimum Gasteiger partial charge on any atom is -0.487 e. The van der Waals surface area contributed by atoms with Crippen molar-refractivity contribution in [1.82, 2.24) is 14.9 Å². The van der Waals surface area contributed by atoms with Gasteiger partial charge in [-0.05, 0) is 44.5 Å². The molecule has 0 saturated carbocycles. The summed E-state index contributed by atoms with van der Waals surface area (Å²) in [7, 11) is -0.380. The molecule has 9 heteroatoms. The first-order valence-electron chi connectivity index (χ1n) is 10.5. The average molecular weight is 573 g/mol. The zero-order valence-electron chi connectivity index (χ0n) is 19.3. The molecule has 0 fully saturated rings. The van der Waals surface area contributed by atoms with Gasteiger partial charge in [-0.15, -0.1) is 24.0 Å². The van der Waals surface area contributed by atoms with Crippen LogP contribution in [0.5, 0.6) is 5.75 Å². The second-order valence-electron chi connectivity index (χ2n) is 8.43. The SMILES string of the molecule is CCNC(=NCc1ccc(S(=O)(=O)N(C)C)cc1)NC1CC(C)(C)Oc2ccccc21.I. The largest absolute Gasteiger partial charge is 0.487 e. The zero-order chi connectivity index (χ0) is 22.6. The highest BCUT2D eigenvalue weighted by Crippen LogP contribution is 2.39. The number of nitrogens with zero attached hydrogens (tertiary/aromatic N) is 2. The molecular weight excluding hydrogens is 539 g/mol. The fraction of sp³-hybridized carbons (Fsp3) is 0.435. The van der Waals surface area contributed by atoms with Crippen LogP contribution in [0.3, 0.4) is 0 Å². The minimum absolute atomic E-state index is 0. The minimum atomic E-state index is -3.43. The van der Waals surface area contributed by atoms with E-state index in [9.17, 15) is 8.42 Å². The highest BCUT2D eigenvalue weighted by molar-refractivity contribution is 14.0. The van der Waals surface area contributed by atoms with Gasteiger partial charge in [-0.25, -0.2) is 17.7 Å². The lowest BCUT2D eigenvalue weighted by molar-refractivity contribution is 0.0694. The lowest BCUT2D eigenvalue weighted by Gasteiger charge is -2.38. The molecule has 0 amide bonds. The Kier molecular flexibility index (Phi) is 8.95. The van der Waals surface area contributed by atoms with E-state index in [1.807, 2.05) is 25.1 Å². The van der Waals surface area contributed by atoms with Gasteiger partial charge in [0.15, 0.2) is 5.96 Å². The van der Waals surface area contributed by atoms with E-state index >= 15 is 0 Å². The maximum atomic E-state index is 12.2. The fourth-order valence-corrected chi connectivity index (χ4v) is 4.47. The first-order chi connectivity index (χ1) is 14.6. The molecule has 32 heavy (non-hydrogen) atoms. The van der Waals surface area contributed by atoms with E-state index in [1.165, 1.54) is 18.4 Å². The molecule has 3 rings (SSSR count). The first kappa shape index (κ1) is 26.4. The van der Waals surface area contributed by atoms with Gasteiger partial charge in [-0.3, -0.25) is 0 Å². The summed E-state index contributed by atoms with van der Waals surface area (Å²) < 4.78 is 31.8. The third-order valence-electron chi connectivity index (χ3n) is 5.15. The van der Waals surface area contributed by atoms with Crippen molar-refractivity contribution in [3.8, 4) is 5.75 Å². The molecule has 0 radical (unpaired) electrons. The van der Waals surface area contributed by atoms with E-state index in [0.717, 1.165) is 29.8 Å². The maximum Gasteiger partial charge on any atom is 0.242 e. The van der Waals surface area contributed by atoms with Crippen molar-refractivity contribution in [1.29, 1.82) is 0 Å². The Hall–Kier alpha value is -1.85. The number of fused-ring (bicyclic) bond motifs is 1. The Morgan fingerprint density at radius 3 is 2.44 bits per heavy atom. The number of sulfonamides is 1. The summed E-state index contributed by atoms with van der Waals surface area (Å²) in [5, 5.41) is 6.85. The van der Waals surface area contributed by atoms with Crippen LogP contribution in [0.15, 0.2) is 58.4 Å². The third-order valence-corrected chi connectivity index (χ3v) is 6.98. The van der Waals surface area contributed by atoms with Crippen LogP contribution in [0, 0.1) is 0 Å². The molecule has 2 N–H and O–H groups in total. The van der Waals surface area contributed by atoms with Crippen LogP contribution >= 0.6 is 24.0 Å². The predicted molar refractivity (Wildman–Crippen MR) is 139 cm³/mol. The van der Waals surface area contributed by atoms with Crippen molar-refractivity contribution in [3.05, 3.63) is 59.7 Å². The topological polar surface area (TPSA) is 83.0 Å². The summed E-state index contributed by atoms with van der Waals surface area (Å²) >= 11 is 0. The molecule has 0 aromatic heterocycles. The smallest absolute Gasteiger partial charge is 0.242 e.